The standard InChI is InChI=1S/C21H19NO2/c23-20-13-21(24,15-22(20)14-16-6-2-1-3-7-16)19-11-10-17-8-4-5-9-18(17)12-19/h1-12,24H,13-15H2. The van der Waals surface area contributed by atoms with Crippen LogP contribution in [0.4, 0.5) is 0 Å². The van der Waals surface area contributed by atoms with Crippen LogP contribution in [-0.4, -0.2) is 22.5 Å². The number of aliphatic hydroxyl groups is 1. The second-order valence-corrected chi connectivity index (χ2v) is 6.51. The summed E-state index contributed by atoms with van der Waals surface area (Å²) in [6.07, 6.45) is 0.137. The molecule has 24 heavy (non-hydrogen) atoms. The van der Waals surface area contributed by atoms with Crippen LogP contribution in [0.5, 0.6) is 0 Å². The lowest BCUT2D eigenvalue weighted by atomic mass is 9.91. The van der Waals surface area contributed by atoms with E-state index in [4.69, 9.17) is 0 Å². The highest BCUT2D eigenvalue weighted by atomic mass is 16.3. The molecule has 0 spiro atoms. The molecule has 1 atom stereocenters. The Morgan fingerprint density at radius 3 is 2.42 bits per heavy atom. The van der Waals surface area contributed by atoms with Gasteiger partial charge in [-0.05, 0) is 28.0 Å². The molecule has 0 radical (unpaired) electrons. The van der Waals surface area contributed by atoms with Gasteiger partial charge in [-0.25, -0.2) is 0 Å². The van der Waals surface area contributed by atoms with Gasteiger partial charge in [-0.15, -0.1) is 0 Å². The molecule has 3 aromatic carbocycles. The fourth-order valence-electron chi connectivity index (χ4n) is 3.44. The molecule has 120 valence electrons. The Morgan fingerprint density at radius 2 is 1.62 bits per heavy atom. The molecule has 3 aromatic rings. The van der Waals surface area contributed by atoms with Crippen molar-refractivity contribution in [3.05, 3.63) is 83.9 Å². The lowest BCUT2D eigenvalue weighted by molar-refractivity contribution is -0.128. The first-order valence-electron chi connectivity index (χ1n) is 8.17. The van der Waals surface area contributed by atoms with Crippen LogP contribution in [0.3, 0.4) is 0 Å². The van der Waals surface area contributed by atoms with Crippen molar-refractivity contribution in [3.63, 3.8) is 0 Å². The van der Waals surface area contributed by atoms with E-state index >= 15 is 0 Å². The first-order chi connectivity index (χ1) is 11.6. The van der Waals surface area contributed by atoms with Crippen LogP contribution >= 0.6 is 0 Å². The van der Waals surface area contributed by atoms with Crippen molar-refractivity contribution in [2.45, 2.75) is 18.6 Å². The van der Waals surface area contributed by atoms with Gasteiger partial charge in [-0.3, -0.25) is 4.79 Å². The minimum atomic E-state index is -1.12. The predicted octanol–water partition coefficient (Wildman–Crippen LogP) is 3.46. The van der Waals surface area contributed by atoms with E-state index in [1.54, 1.807) is 4.90 Å². The minimum absolute atomic E-state index is 0.00508. The molecule has 0 bridgehead atoms. The third kappa shape index (κ3) is 2.68. The highest BCUT2D eigenvalue weighted by molar-refractivity contribution is 5.84. The van der Waals surface area contributed by atoms with E-state index < -0.39 is 5.60 Å². The van der Waals surface area contributed by atoms with Crippen LogP contribution in [-0.2, 0) is 16.9 Å². The van der Waals surface area contributed by atoms with E-state index in [1.165, 1.54) is 0 Å². The largest absolute Gasteiger partial charge is 0.383 e. The van der Waals surface area contributed by atoms with Gasteiger partial charge in [0, 0.05) is 6.54 Å². The molecular weight excluding hydrogens is 298 g/mol. The van der Waals surface area contributed by atoms with Crippen molar-refractivity contribution in [2.24, 2.45) is 0 Å². The summed E-state index contributed by atoms with van der Waals surface area (Å²) >= 11 is 0. The third-order valence-electron chi connectivity index (χ3n) is 4.75. The molecule has 1 heterocycles. The van der Waals surface area contributed by atoms with E-state index in [-0.39, 0.29) is 12.3 Å². The fourth-order valence-corrected chi connectivity index (χ4v) is 3.44. The number of nitrogens with zero attached hydrogens (tertiary/aromatic N) is 1. The Balaban J connectivity index is 1.61. The molecule has 1 unspecified atom stereocenters. The molecule has 0 aliphatic carbocycles. The first-order valence-corrected chi connectivity index (χ1v) is 8.17. The summed E-state index contributed by atoms with van der Waals surface area (Å²) in [6, 6.07) is 23.9. The Kier molecular flexibility index (Phi) is 3.58. The van der Waals surface area contributed by atoms with E-state index in [0.29, 0.717) is 13.1 Å². The average molecular weight is 317 g/mol. The number of benzene rings is 3. The first kappa shape index (κ1) is 14.9. The smallest absolute Gasteiger partial charge is 0.226 e. The molecule has 3 heteroatoms. The number of hydrogen-bond acceptors (Lipinski definition) is 2. The lowest BCUT2D eigenvalue weighted by Gasteiger charge is -2.24. The van der Waals surface area contributed by atoms with Crippen LogP contribution < -0.4 is 0 Å². The average Bonchev–Trinajstić information content (AvgIpc) is 2.90. The second-order valence-electron chi connectivity index (χ2n) is 6.51. The van der Waals surface area contributed by atoms with Crippen molar-refractivity contribution in [3.8, 4) is 0 Å². The number of rotatable bonds is 3. The SMILES string of the molecule is O=C1CC(O)(c2ccc3ccccc3c2)CN1Cc1ccccc1. The summed E-state index contributed by atoms with van der Waals surface area (Å²) in [5, 5.41) is 13.3. The minimum Gasteiger partial charge on any atom is -0.383 e. The maximum absolute atomic E-state index is 12.4. The molecule has 0 aromatic heterocycles. The quantitative estimate of drug-likeness (QED) is 0.803. The molecular formula is C21H19NO2. The van der Waals surface area contributed by atoms with Crippen molar-refractivity contribution in [1.29, 1.82) is 0 Å². The van der Waals surface area contributed by atoms with Crippen LogP contribution in [0.25, 0.3) is 10.8 Å². The van der Waals surface area contributed by atoms with Crippen molar-refractivity contribution < 1.29 is 9.90 Å². The van der Waals surface area contributed by atoms with E-state index in [1.807, 2.05) is 72.8 Å². The normalized spacial score (nSPS) is 20.7. The summed E-state index contributed by atoms with van der Waals surface area (Å²) in [4.78, 5) is 14.1. The van der Waals surface area contributed by atoms with Gasteiger partial charge in [0.25, 0.3) is 0 Å². The molecule has 1 fully saturated rings. The highest BCUT2D eigenvalue weighted by Crippen LogP contribution is 2.35. The van der Waals surface area contributed by atoms with Gasteiger partial charge < -0.3 is 10.0 Å². The van der Waals surface area contributed by atoms with Gasteiger partial charge in [0.2, 0.25) is 5.91 Å². The predicted molar refractivity (Wildman–Crippen MR) is 94.3 cm³/mol. The van der Waals surface area contributed by atoms with Crippen molar-refractivity contribution >= 4 is 16.7 Å². The highest BCUT2D eigenvalue weighted by Gasteiger charge is 2.42. The molecule has 1 aliphatic rings. The maximum atomic E-state index is 12.4. The van der Waals surface area contributed by atoms with Crippen molar-refractivity contribution in [1.82, 2.24) is 4.90 Å². The molecule has 1 amide bonds. The molecule has 1 saturated heterocycles. The van der Waals surface area contributed by atoms with Gasteiger partial charge in [0.15, 0.2) is 0 Å². The summed E-state index contributed by atoms with van der Waals surface area (Å²) in [5.41, 5.74) is 0.773. The number of fused-ring (bicyclic) bond motifs is 1. The zero-order chi connectivity index (χ0) is 16.6. The maximum Gasteiger partial charge on any atom is 0.226 e. The summed E-state index contributed by atoms with van der Waals surface area (Å²) in [5.74, 6) is -0.00508. The number of hydrogen-bond donors (Lipinski definition) is 1. The molecule has 0 saturated carbocycles. The Morgan fingerprint density at radius 1 is 0.917 bits per heavy atom. The fraction of sp³-hybridized carbons (Fsp3) is 0.190. The van der Waals surface area contributed by atoms with E-state index in [0.717, 1.165) is 21.9 Å². The second kappa shape index (κ2) is 5.77. The zero-order valence-electron chi connectivity index (χ0n) is 13.4. The monoisotopic (exact) mass is 317 g/mol. The Hall–Kier alpha value is -2.65. The lowest BCUT2D eigenvalue weighted by Crippen LogP contribution is -2.31. The van der Waals surface area contributed by atoms with Crippen LogP contribution in [0.2, 0.25) is 0 Å². The van der Waals surface area contributed by atoms with Gasteiger partial charge in [0.1, 0.15) is 5.60 Å². The van der Waals surface area contributed by atoms with Gasteiger partial charge in [-0.2, -0.15) is 0 Å². The van der Waals surface area contributed by atoms with E-state index in [9.17, 15) is 9.90 Å². The van der Waals surface area contributed by atoms with Crippen LogP contribution in [0.1, 0.15) is 17.5 Å². The van der Waals surface area contributed by atoms with E-state index in [2.05, 4.69) is 0 Å². The number of amides is 1. The van der Waals surface area contributed by atoms with Gasteiger partial charge in [-0.1, -0.05) is 66.7 Å². The summed E-state index contributed by atoms with van der Waals surface area (Å²) in [6.45, 7) is 0.870. The number of β-amino-alcohol motifs (C(OH)–C–C–N with tert-alkyl or cyclic N) is 1. The summed E-state index contributed by atoms with van der Waals surface area (Å²) < 4.78 is 0. The number of likely N-dealkylation sites (tertiary alicyclic amines) is 1. The van der Waals surface area contributed by atoms with Crippen LogP contribution in [0, 0.1) is 0 Å². The Labute approximate surface area is 141 Å². The summed E-state index contributed by atoms with van der Waals surface area (Å²) in [7, 11) is 0. The van der Waals surface area contributed by atoms with Gasteiger partial charge >= 0.3 is 0 Å². The zero-order valence-corrected chi connectivity index (χ0v) is 13.4. The molecule has 4 rings (SSSR count). The Bertz CT molecular complexity index is 890. The molecule has 1 N–H and O–H groups in total. The molecule has 3 nitrogen and oxygen atoms in total. The van der Waals surface area contributed by atoms with Crippen molar-refractivity contribution in [2.75, 3.05) is 6.54 Å². The topological polar surface area (TPSA) is 40.5 Å². The van der Waals surface area contributed by atoms with Crippen LogP contribution in [0.15, 0.2) is 72.8 Å². The number of carbonyl (C=O) groups is 1. The molecule has 1 aliphatic heterocycles. The number of carbonyl (C=O) groups excluding carboxylic acids is 1. The third-order valence-corrected chi connectivity index (χ3v) is 4.75. The van der Waals surface area contributed by atoms with Gasteiger partial charge in [0.05, 0.1) is 13.0 Å².